The zero-order valence-electron chi connectivity index (χ0n) is 13.7. The molecule has 0 saturated carbocycles. The van der Waals surface area contributed by atoms with E-state index >= 15 is 0 Å². The van der Waals surface area contributed by atoms with Crippen molar-refractivity contribution in [3.05, 3.63) is 54.1 Å². The van der Waals surface area contributed by atoms with Gasteiger partial charge in [-0.3, -0.25) is 0 Å². The van der Waals surface area contributed by atoms with Crippen molar-refractivity contribution in [3.63, 3.8) is 0 Å². The van der Waals surface area contributed by atoms with Gasteiger partial charge in [0.2, 0.25) is 0 Å². The molecular formula is C17H20N2O4S. The molecule has 0 bridgehead atoms. The molecule has 1 atom stereocenters. The molecule has 2 amide bonds. The van der Waals surface area contributed by atoms with Gasteiger partial charge in [0.1, 0.15) is 5.75 Å². The number of hydrogen-bond acceptors (Lipinski definition) is 4. The first-order valence-electron chi connectivity index (χ1n) is 7.32. The molecule has 0 aliphatic rings. The fraction of sp³-hybridized carbons (Fsp3) is 0.235. The minimum absolute atomic E-state index is 0.247. The monoisotopic (exact) mass is 348 g/mol. The molecule has 128 valence electrons. The fourth-order valence-corrected chi connectivity index (χ4v) is 2.82. The Morgan fingerprint density at radius 2 is 1.71 bits per heavy atom. The summed E-state index contributed by atoms with van der Waals surface area (Å²) in [5.41, 5.74) is 1.37. The predicted molar refractivity (Wildman–Crippen MR) is 93.1 cm³/mol. The van der Waals surface area contributed by atoms with Crippen LogP contribution in [0.5, 0.6) is 5.75 Å². The summed E-state index contributed by atoms with van der Waals surface area (Å²) in [6.07, 6.45) is 1.16. The molecule has 2 aromatic rings. The summed E-state index contributed by atoms with van der Waals surface area (Å²) in [4.78, 5) is 12.4. The van der Waals surface area contributed by atoms with Gasteiger partial charge in [-0.1, -0.05) is 24.3 Å². The normalized spacial score (nSPS) is 12.3. The van der Waals surface area contributed by atoms with Crippen LogP contribution in [0.2, 0.25) is 0 Å². The molecule has 0 aromatic heterocycles. The van der Waals surface area contributed by atoms with Crippen LogP contribution < -0.4 is 15.4 Å². The second-order valence-electron chi connectivity index (χ2n) is 5.36. The second-order valence-corrected chi connectivity index (χ2v) is 7.38. The summed E-state index contributed by atoms with van der Waals surface area (Å²) in [5, 5.41) is 5.53. The minimum atomic E-state index is -3.23. The Hall–Kier alpha value is -2.54. The van der Waals surface area contributed by atoms with Gasteiger partial charge in [0.15, 0.2) is 9.84 Å². The molecule has 2 aromatic carbocycles. The van der Waals surface area contributed by atoms with Crippen molar-refractivity contribution in [2.24, 2.45) is 0 Å². The van der Waals surface area contributed by atoms with Crippen LogP contribution in [0.4, 0.5) is 10.5 Å². The summed E-state index contributed by atoms with van der Waals surface area (Å²) < 4.78 is 28.1. The lowest BCUT2D eigenvalue weighted by Crippen LogP contribution is -2.31. The number of ether oxygens (including phenoxy) is 1. The van der Waals surface area contributed by atoms with E-state index in [0.717, 1.165) is 11.8 Å². The summed E-state index contributed by atoms with van der Waals surface area (Å²) >= 11 is 0. The highest BCUT2D eigenvalue weighted by Gasteiger charge is 2.13. The quantitative estimate of drug-likeness (QED) is 0.870. The lowest BCUT2D eigenvalue weighted by atomic mass is 10.1. The van der Waals surface area contributed by atoms with Gasteiger partial charge in [-0.25, -0.2) is 13.2 Å². The van der Waals surface area contributed by atoms with Gasteiger partial charge >= 0.3 is 6.03 Å². The van der Waals surface area contributed by atoms with Crippen molar-refractivity contribution in [1.82, 2.24) is 5.32 Å². The number of amides is 2. The molecular weight excluding hydrogens is 328 g/mol. The summed E-state index contributed by atoms with van der Waals surface area (Å²) in [6.45, 7) is 1.82. The highest BCUT2D eigenvalue weighted by molar-refractivity contribution is 7.90. The molecule has 24 heavy (non-hydrogen) atoms. The van der Waals surface area contributed by atoms with E-state index in [1.807, 2.05) is 13.0 Å². The largest absolute Gasteiger partial charge is 0.495 e. The molecule has 0 aliphatic carbocycles. The molecule has 2 rings (SSSR count). The Morgan fingerprint density at radius 3 is 2.29 bits per heavy atom. The number of carbonyl (C=O) groups excluding carboxylic acids is 1. The maximum atomic E-state index is 12.1. The first kappa shape index (κ1) is 17.8. The van der Waals surface area contributed by atoms with Gasteiger partial charge in [-0.05, 0) is 36.8 Å². The molecule has 0 radical (unpaired) electrons. The number of anilines is 1. The first-order chi connectivity index (χ1) is 11.3. The standard InChI is InChI=1S/C17H20N2O4S/c1-12(13-8-10-14(11-9-13)24(3,21)22)18-17(20)19-15-6-4-5-7-16(15)23-2/h4-12H,1-3H3,(H2,18,19,20)/t12-/m0/s1. The molecule has 0 unspecified atom stereocenters. The number of rotatable bonds is 5. The lowest BCUT2D eigenvalue weighted by Gasteiger charge is -2.16. The lowest BCUT2D eigenvalue weighted by molar-refractivity contribution is 0.249. The number of methoxy groups -OCH3 is 1. The summed E-state index contributed by atoms with van der Waals surface area (Å²) in [6, 6.07) is 12.9. The number of hydrogen-bond donors (Lipinski definition) is 2. The smallest absolute Gasteiger partial charge is 0.319 e. The van der Waals surface area contributed by atoms with Gasteiger partial charge in [0.05, 0.1) is 23.7 Å². The van der Waals surface area contributed by atoms with Gasteiger partial charge in [0, 0.05) is 6.26 Å². The third-order valence-corrected chi connectivity index (χ3v) is 4.64. The molecule has 0 heterocycles. The maximum absolute atomic E-state index is 12.1. The number of urea groups is 1. The van der Waals surface area contributed by atoms with Crippen LogP contribution >= 0.6 is 0 Å². The third-order valence-electron chi connectivity index (χ3n) is 3.51. The van der Waals surface area contributed by atoms with Gasteiger partial charge in [0.25, 0.3) is 0 Å². The molecule has 2 N–H and O–H groups in total. The highest BCUT2D eigenvalue weighted by Crippen LogP contribution is 2.23. The molecule has 6 nitrogen and oxygen atoms in total. The van der Waals surface area contributed by atoms with E-state index in [-0.39, 0.29) is 17.0 Å². The molecule has 0 spiro atoms. The van der Waals surface area contributed by atoms with Crippen LogP contribution in [0.1, 0.15) is 18.5 Å². The predicted octanol–water partition coefficient (Wildman–Crippen LogP) is 2.98. The number of para-hydroxylation sites is 2. The highest BCUT2D eigenvalue weighted by atomic mass is 32.2. The van der Waals surface area contributed by atoms with Crippen molar-refractivity contribution in [2.45, 2.75) is 17.9 Å². The number of nitrogens with one attached hydrogen (secondary N) is 2. The third kappa shape index (κ3) is 4.48. The number of benzene rings is 2. The topological polar surface area (TPSA) is 84.5 Å². The Bertz CT molecular complexity index is 817. The molecule has 0 saturated heterocycles. The number of sulfone groups is 1. The number of carbonyl (C=O) groups is 1. The van der Waals surface area contributed by atoms with Crippen LogP contribution in [-0.4, -0.2) is 27.8 Å². The van der Waals surface area contributed by atoms with E-state index in [1.165, 1.54) is 19.2 Å². The van der Waals surface area contributed by atoms with E-state index in [1.54, 1.807) is 30.3 Å². The van der Waals surface area contributed by atoms with Crippen molar-refractivity contribution >= 4 is 21.6 Å². The Balaban J connectivity index is 2.03. The van der Waals surface area contributed by atoms with Crippen molar-refractivity contribution in [2.75, 3.05) is 18.7 Å². The van der Waals surface area contributed by atoms with Crippen LogP contribution in [0.3, 0.4) is 0 Å². The fourth-order valence-electron chi connectivity index (χ4n) is 2.19. The van der Waals surface area contributed by atoms with Crippen molar-refractivity contribution in [1.29, 1.82) is 0 Å². The van der Waals surface area contributed by atoms with Gasteiger partial charge in [-0.2, -0.15) is 0 Å². The SMILES string of the molecule is COc1ccccc1NC(=O)N[C@@H](C)c1ccc(S(C)(=O)=O)cc1. The zero-order valence-corrected chi connectivity index (χ0v) is 14.6. The minimum Gasteiger partial charge on any atom is -0.495 e. The average Bonchev–Trinajstić information content (AvgIpc) is 2.54. The van der Waals surface area contributed by atoms with E-state index in [2.05, 4.69) is 10.6 Å². The molecule has 0 aliphatic heterocycles. The van der Waals surface area contributed by atoms with Crippen molar-refractivity contribution in [3.8, 4) is 5.75 Å². The van der Waals surface area contributed by atoms with Gasteiger partial charge in [-0.15, -0.1) is 0 Å². The Kier molecular flexibility index (Phi) is 5.46. The van der Waals surface area contributed by atoms with Gasteiger partial charge < -0.3 is 15.4 Å². The summed E-state index contributed by atoms with van der Waals surface area (Å²) in [7, 11) is -1.70. The van der Waals surface area contributed by atoms with Crippen LogP contribution in [0.25, 0.3) is 0 Å². The summed E-state index contributed by atoms with van der Waals surface area (Å²) in [5.74, 6) is 0.567. The van der Waals surface area contributed by atoms with E-state index < -0.39 is 9.84 Å². The van der Waals surface area contributed by atoms with Crippen LogP contribution in [0.15, 0.2) is 53.4 Å². The average molecular weight is 348 g/mol. The zero-order chi connectivity index (χ0) is 17.7. The van der Waals surface area contributed by atoms with Crippen LogP contribution in [0, 0.1) is 0 Å². The maximum Gasteiger partial charge on any atom is 0.319 e. The first-order valence-corrected chi connectivity index (χ1v) is 9.21. The van der Waals surface area contributed by atoms with Crippen molar-refractivity contribution < 1.29 is 17.9 Å². The molecule has 7 heteroatoms. The second kappa shape index (κ2) is 7.35. The Labute approximate surface area is 141 Å². The van der Waals surface area contributed by atoms with E-state index in [0.29, 0.717) is 11.4 Å². The van der Waals surface area contributed by atoms with Crippen LogP contribution in [-0.2, 0) is 9.84 Å². The Morgan fingerprint density at radius 1 is 1.08 bits per heavy atom. The van der Waals surface area contributed by atoms with E-state index in [9.17, 15) is 13.2 Å². The van der Waals surface area contributed by atoms with E-state index in [4.69, 9.17) is 4.74 Å². The molecule has 0 fully saturated rings.